The Morgan fingerprint density at radius 1 is 1.43 bits per heavy atom. The lowest BCUT2D eigenvalue weighted by Crippen LogP contribution is -2.28. The third kappa shape index (κ3) is 3.17. The summed E-state index contributed by atoms with van der Waals surface area (Å²) in [5.41, 5.74) is 0.740. The van der Waals surface area contributed by atoms with Crippen molar-refractivity contribution in [1.29, 1.82) is 0 Å². The third-order valence-electron chi connectivity index (χ3n) is 3.15. The van der Waals surface area contributed by atoms with Gasteiger partial charge in [-0.3, -0.25) is 4.79 Å². The maximum absolute atomic E-state index is 11.6. The molecule has 0 bridgehead atoms. The molecule has 0 spiro atoms. The van der Waals surface area contributed by atoms with E-state index in [4.69, 9.17) is 13.9 Å². The largest absolute Gasteiger partial charge is 0.490 e. The summed E-state index contributed by atoms with van der Waals surface area (Å²) in [6.07, 6.45) is 0.961. The highest BCUT2D eigenvalue weighted by Gasteiger charge is 2.22. The van der Waals surface area contributed by atoms with Gasteiger partial charge in [-0.05, 0) is 24.3 Å². The second kappa shape index (κ2) is 5.88. The number of hydrogen-bond donors (Lipinski definition) is 2. The van der Waals surface area contributed by atoms with Gasteiger partial charge in [0, 0.05) is 11.6 Å². The molecular weight excluding hydrogens is 274 g/mol. The summed E-state index contributed by atoms with van der Waals surface area (Å²) < 4.78 is 15.8. The van der Waals surface area contributed by atoms with Gasteiger partial charge in [-0.2, -0.15) is 0 Å². The highest BCUT2D eigenvalue weighted by Crippen LogP contribution is 2.34. The summed E-state index contributed by atoms with van der Waals surface area (Å²) in [4.78, 5) is 11.6. The number of carbonyl (C=O) groups excluding carboxylic acids is 1. The molecule has 1 aliphatic heterocycles. The predicted octanol–water partition coefficient (Wildman–Crippen LogP) is 1.40. The fourth-order valence-electron chi connectivity index (χ4n) is 2.06. The molecule has 3 rings (SSSR count). The van der Waals surface area contributed by atoms with Gasteiger partial charge in [-0.15, -0.1) is 0 Å². The van der Waals surface area contributed by atoms with E-state index in [1.165, 1.54) is 0 Å². The lowest BCUT2D eigenvalue weighted by Gasteiger charge is -2.08. The Labute approximate surface area is 121 Å². The second-order valence-electron chi connectivity index (χ2n) is 4.67. The molecule has 1 atom stereocenters. The predicted molar refractivity (Wildman–Crippen MR) is 72.9 cm³/mol. The Morgan fingerprint density at radius 3 is 3.14 bits per heavy atom. The van der Waals surface area contributed by atoms with Gasteiger partial charge >= 0.3 is 0 Å². The van der Waals surface area contributed by atoms with Crippen LogP contribution in [0.25, 0.3) is 0 Å². The first kappa shape index (κ1) is 13.5. The van der Waals surface area contributed by atoms with Gasteiger partial charge < -0.3 is 24.3 Å². The minimum atomic E-state index is -0.592. The molecule has 6 nitrogen and oxygen atoms in total. The molecular formula is C15H15NO5. The van der Waals surface area contributed by atoms with Crippen LogP contribution in [0.2, 0.25) is 0 Å². The van der Waals surface area contributed by atoms with Crippen molar-refractivity contribution in [2.24, 2.45) is 0 Å². The zero-order chi connectivity index (χ0) is 14.7. The second-order valence-corrected chi connectivity index (χ2v) is 4.67. The molecule has 6 heteroatoms. The number of benzene rings is 1. The van der Waals surface area contributed by atoms with E-state index in [0.717, 1.165) is 5.56 Å². The van der Waals surface area contributed by atoms with Crippen LogP contribution in [-0.4, -0.2) is 24.2 Å². The van der Waals surface area contributed by atoms with Crippen LogP contribution in [0.4, 0.5) is 0 Å². The van der Waals surface area contributed by atoms with Crippen molar-refractivity contribution in [3.8, 4) is 11.5 Å². The number of nitrogens with one attached hydrogen (secondary N) is 1. The van der Waals surface area contributed by atoms with Gasteiger partial charge in [0.05, 0.1) is 12.8 Å². The molecule has 1 amide bonds. The fourth-order valence-corrected chi connectivity index (χ4v) is 2.06. The molecule has 2 aromatic rings. The van der Waals surface area contributed by atoms with E-state index in [-0.39, 0.29) is 19.1 Å². The van der Waals surface area contributed by atoms with E-state index in [1.807, 2.05) is 0 Å². The highest BCUT2D eigenvalue weighted by atomic mass is 16.5. The lowest BCUT2D eigenvalue weighted by molar-refractivity contribution is -0.123. The smallest absolute Gasteiger partial charge is 0.258 e. The Balaban J connectivity index is 1.50. The van der Waals surface area contributed by atoms with Gasteiger partial charge in [-0.25, -0.2) is 0 Å². The molecule has 21 heavy (non-hydrogen) atoms. The van der Waals surface area contributed by atoms with Crippen LogP contribution in [0.1, 0.15) is 17.4 Å². The van der Waals surface area contributed by atoms with Crippen LogP contribution in [0.5, 0.6) is 11.5 Å². The Morgan fingerprint density at radius 2 is 2.33 bits per heavy atom. The minimum absolute atomic E-state index is 0.0952. The van der Waals surface area contributed by atoms with Gasteiger partial charge in [0.15, 0.2) is 6.61 Å². The molecule has 2 N–H and O–H groups in total. The first-order chi connectivity index (χ1) is 10.2. The van der Waals surface area contributed by atoms with Crippen LogP contribution >= 0.6 is 0 Å². The standard InChI is InChI=1S/C15H15NO5/c17-13-8-21-14-6-10(3-4-12(13)14)20-9-15(18)16-7-11-2-1-5-19-11/h1-6,13,17H,7-9H2,(H,16,18)/t13-/m1/s1. The average molecular weight is 289 g/mol. The van der Waals surface area contributed by atoms with Crippen molar-refractivity contribution in [3.05, 3.63) is 47.9 Å². The number of carbonyl (C=O) groups is 1. The van der Waals surface area contributed by atoms with Gasteiger partial charge in [0.2, 0.25) is 0 Å². The number of aliphatic hydroxyl groups excluding tert-OH is 1. The number of furan rings is 1. The van der Waals surface area contributed by atoms with E-state index in [9.17, 15) is 9.90 Å². The van der Waals surface area contributed by atoms with E-state index in [2.05, 4.69) is 5.32 Å². The van der Waals surface area contributed by atoms with Crippen molar-refractivity contribution in [2.75, 3.05) is 13.2 Å². The quantitative estimate of drug-likeness (QED) is 0.869. The maximum atomic E-state index is 11.6. The van der Waals surface area contributed by atoms with Gasteiger partial charge in [-0.1, -0.05) is 0 Å². The van der Waals surface area contributed by atoms with Crippen molar-refractivity contribution < 1.29 is 23.8 Å². The summed E-state index contributed by atoms with van der Waals surface area (Å²) in [7, 11) is 0. The van der Waals surface area contributed by atoms with Crippen molar-refractivity contribution in [2.45, 2.75) is 12.6 Å². The van der Waals surface area contributed by atoms with E-state index in [1.54, 1.807) is 36.6 Å². The molecule has 0 saturated carbocycles. The van der Waals surface area contributed by atoms with E-state index in [0.29, 0.717) is 23.8 Å². The Kier molecular flexibility index (Phi) is 3.79. The van der Waals surface area contributed by atoms with Gasteiger partial charge in [0.1, 0.15) is 30.0 Å². The summed E-state index contributed by atoms with van der Waals surface area (Å²) in [6, 6.07) is 8.66. The Hall–Kier alpha value is -2.47. The maximum Gasteiger partial charge on any atom is 0.258 e. The monoisotopic (exact) mass is 289 g/mol. The third-order valence-corrected chi connectivity index (χ3v) is 3.15. The van der Waals surface area contributed by atoms with Crippen molar-refractivity contribution in [3.63, 3.8) is 0 Å². The fraction of sp³-hybridized carbons (Fsp3) is 0.267. The molecule has 0 fully saturated rings. The molecule has 110 valence electrons. The zero-order valence-corrected chi connectivity index (χ0v) is 11.2. The number of fused-ring (bicyclic) bond motifs is 1. The summed E-state index contributed by atoms with van der Waals surface area (Å²) in [5, 5.41) is 12.3. The average Bonchev–Trinajstić information content (AvgIpc) is 3.13. The summed E-state index contributed by atoms with van der Waals surface area (Å²) in [5.74, 6) is 1.56. The van der Waals surface area contributed by atoms with Crippen molar-refractivity contribution in [1.82, 2.24) is 5.32 Å². The molecule has 2 heterocycles. The zero-order valence-electron chi connectivity index (χ0n) is 11.2. The molecule has 1 aromatic heterocycles. The normalized spacial score (nSPS) is 16.1. The topological polar surface area (TPSA) is 80.9 Å². The molecule has 1 aromatic carbocycles. The summed E-state index contributed by atoms with van der Waals surface area (Å²) >= 11 is 0. The lowest BCUT2D eigenvalue weighted by atomic mass is 10.1. The van der Waals surface area contributed by atoms with Crippen LogP contribution in [0, 0.1) is 0 Å². The molecule has 0 saturated heterocycles. The van der Waals surface area contributed by atoms with E-state index < -0.39 is 6.10 Å². The highest BCUT2D eigenvalue weighted by molar-refractivity contribution is 5.77. The Bertz CT molecular complexity index is 623. The SMILES string of the molecule is O=C(COc1ccc2c(c1)OC[C@H]2O)NCc1ccco1. The number of ether oxygens (including phenoxy) is 2. The van der Waals surface area contributed by atoms with Gasteiger partial charge in [0.25, 0.3) is 5.91 Å². The summed E-state index contributed by atoms with van der Waals surface area (Å²) in [6.45, 7) is 0.485. The first-order valence-electron chi connectivity index (χ1n) is 6.59. The molecule has 0 unspecified atom stereocenters. The number of amides is 1. The van der Waals surface area contributed by atoms with Crippen LogP contribution in [0.15, 0.2) is 41.0 Å². The van der Waals surface area contributed by atoms with E-state index >= 15 is 0 Å². The number of rotatable bonds is 5. The molecule has 1 aliphatic rings. The number of hydrogen-bond acceptors (Lipinski definition) is 5. The van der Waals surface area contributed by atoms with Crippen LogP contribution < -0.4 is 14.8 Å². The minimum Gasteiger partial charge on any atom is -0.490 e. The van der Waals surface area contributed by atoms with Crippen LogP contribution in [0.3, 0.4) is 0 Å². The van der Waals surface area contributed by atoms with Crippen molar-refractivity contribution >= 4 is 5.91 Å². The number of aliphatic hydroxyl groups is 1. The molecule has 0 radical (unpaired) electrons. The first-order valence-corrected chi connectivity index (χ1v) is 6.59. The van der Waals surface area contributed by atoms with Crippen LogP contribution in [-0.2, 0) is 11.3 Å². The molecule has 0 aliphatic carbocycles.